The van der Waals surface area contributed by atoms with Crippen LogP contribution < -0.4 is 0 Å². The normalized spacial score (nSPS) is 15.7. The van der Waals surface area contributed by atoms with Gasteiger partial charge in [-0.25, -0.2) is 4.79 Å². The Labute approximate surface area is 177 Å². The molecule has 1 aromatic heterocycles. The highest BCUT2D eigenvalue weighted by Crippen LogP contribution is 2.35. The van der Waals surface area contributed by atoms with Crippen LogP contribution in [0.15, 0.2) is 48.5 Å². The number of Topliss-reactive ketones (excluding diaryl/α,β-unsaturated/α-hetero) is 1. The number of aryl methyl sites for hydroxylation is 2. The van der Waals surface area contributed by atoms with E-state index >= 15 is 0 Å². The first-order valence-corrected chi connectivity index (χ1v) is 10.5. The van der Waals surface area contributed by atoms with Crippen molar-refractivity contribution < 1.29 is 14.3 Å². The van der Waals surface area contributed by atoms with Gasteiger partial charge in [0.05, 0.1) is 0 Å². The van der Waals surface area contributed by atoms with E-state index in [0.29, 0.717) is 23.2 Å². The number of benzene rings is 2. The van der Waals surface area contributed by atoms with Gasteiger partial charge in [0, 0.05) is 17.7 Å². The van der Waals surface area contributed by atoms with Crippen LogP contribution in [0.4, 0.5) is 0 Å². The average molecular weight is 402 g/mol. The Morgan fingerprint density at radius 2 is 1.67 bits per heavy atom. The number of carbonyl (C=O) groups is 2. The molecule has 0 saturated carbocycles. The molecule has 0 unspecified atom stereocenters. The fourth-order valence-electron chi connectivity index (χ4n) is 4.20. The SMILES string of the molecule is CCc1ccc([C@H]2CC(=O)c3c([nH]c(C(=O)OCc4ccc(C)cc4)c3C)C2)cc1. The Morgan fingerprint density at radius 3 is 2.33 bits per heavy atom. The van der Waals surface area contributed by atoms with Crippen molar-refractivity contribution in [3.63, 3.8) is 0 Å². The van der Waals surface area contributed by atoms with E-state index in [1.807, 2.05) is 38.1 Å². The Balaban J connectivity index is 1.52. The Bertz CT molecular complexity index is 1070. The molecular weight excluding hydrogens is 374 g/mol. The highest BCUT2D eigenvalue weighted by Gasteiger charge is 2.32. The van der Waals surface area contributed by atoms with Crippen molar-refractivity contribution in [2.45, 2.75) is 52.6 Å². The molecule has 3 aromatic rings. The minimum absolute atomic E-state index is 0.0900. The maximum Gasteiger partial charge on any atom is 0.355 e. The zero-order valence-corrected chi connectivity index (χ0v) is 17.7. The second-order valence-electron chi connectivity index (χ2n) is 8.16. The van der Waals surface area contributed by atoms with E-state index in [1.165, 1.54) is 11.1 Å². The molecule has 30 heavy (non-hydrogen) atoms. The van der Waals surface area contributed by atoms with Crippen molar-refractivity contribution >= 4 is 11.8 Å². The molecule has 1 aliphatic carbocycles. The minimum atomic E-state index is -0.417. The molecule has 4 heteroatoms. The number of hydrogen-bond donors (Lipinski definition) is 1. The minimum Gasteiger partial charge on any atom is -0.456 e. The Morgan fingerprint density at radius 1 is 1.00 bits per heavy atom. The second kappa shape index (κ2) is 8.31. The van der Waals surface area contributed by atoms with Crippen molar-refractivity contribution in [3.8, 4) is 0 Å². The van der Waals surface area contributed by atoms with Gasteiger partial charge in [-0.05, 0) is 54.9 Å². The van der Waals surface area contributed by atoms with Crippen LogP contribution in [-0.4, -0.2) is 16.7 Å². The highest BCUT2D eigenvalue weighted by molar-refractivity contribution is 6.03. The molecule has 0 fully saturated rings. The van der Waals surface area contributed by atoms with Gasteiger partial charge in [0.25, 0.3) is 0 Å². The van der Waals surface area contributed by atoms with Gasteiger partial charge in [-0.2, -0.15) is 0 Å². The first-order valence-electron chi connectivity index (χ1n) is 10.5. The summed E-state index contributed by atoms with van der Waals surface area (Å²) in [6.45, 7) is 6.19. The molecule has 1 aliphatic rings. The van der Waals surface area contributed by atoms with E-state index in [2.05, 4.69) is 36.2 Å². The molecule has 2 aromatic carbocycles. The summed E-state index contributed by atoms with van der Waals surface area (Å²) in [5, 5.41) is 0. The first kappa shape index (κ1) is 20.1. The molecule has 1 heterocycles. The van der Waals surface area contributed by atoms with Crippen LogP contribution in [0, 0.1) is 13.8 Å². The van der Waals surface area contributed by atoms with Crippen LogP contribution in [-0.2, 0) is 24.2 Å². The molecule has 4 rings (SSSR count). The predicted octanol–water partition coefficient (Wildman–Crippen LogP) is 5.46. The van der Waals surface area contributed by atoms with Crippen LogP contribution in [0.1, 0.15) is 73.6 Å². The Kier molecular flexibility index (Phi) is 5.58. The molecule has 1 atom stereocenters. The van der Waals surface area contributed by atoms with Crippen molar-refractivity contribution in [3.05, 3.63) is 93.3 Å². The predicted molar refractivity (Wildman–Crippen MR) is 117 cm³/mol. The van der Waals surface area contributed by atoms with Gasteiger partial charge in [0.1, 0.15) is 12.3 Å². The molecule has 0 amide bonds. The van der Waals surface area contributed by atoms with Crippen LogP contribution in [0.2, 0.25) is 0 Å². The lowest BCUT2D eigenvalue weighted by Gasteiger charge is -2.22. The maximum absolute atomic E-state index is 12.9. The van der Waals surface area contributed by atoms with E-state index < -0.39 is 5.97 Å². The van der Waals surface area contributed by atoms with Gasteiger partial charge < -0.3 is 9.72 Å². The molecule has 0 bridgehead atoms. The van der Waals surface area contributed by atoms with Gasteiger partial charge in [-0.15, -0.1) is 0 Å². The smallest absolute Gasteiger partial charge is 0.355 e. The number of aromatic nitrogens is 1. The summed E-state index contributed by atoms with van der Waals surface area (Å²) in [4.78, 5) is 28.8. The molecule has 4 nitrogen and oxygen atoms in total. The molecule has 0 saturated heterocycles. The number of ketones is 1. The van der Waals surface area contributed by atoms with Gasteiger partial charge in [0.2, 0.25) is 0 Å². The van der Waals surface area contributed by atoms with Gasteiger partial charge in [-0.1, -0.05) is 61.0 Å². The van der Waals surface area contributed by atoms with Gasteiger partial charge in [0.15, 0.2) is 5.78 Å². The number of hydrogen-bond acceptors (Lipinski definition) is 3. The molecule has 154 valence electrons. The van der Waals surface area contributed by atoms with Gasteiger partial charge >= 0.3 is 5.97 Å². The van der Waals surface area contributed by atoms with E-state index in [-0.39, 0.29) is 18.3 Å². The lowest BCUT2D eigenvalue weighted by Crippen LogP contribution is -2.18. The summed E-state index contributed by atoms with van der Waals surface area (Å²) in [5.41, 5.74) is 7.16. The van der Waals surface area contributed by atoms with Crippen LogP contribution in [0.25, 0.3) is 0 Å². The van der Waals surface area contributed by atoms with Crippen molar-refractivity contribution in [2.24, 2.45) is 0 Å². The maximum atomic E-state index is 12.9. The molecule has 0 spiro atoms. The number of carbonyl (C=O) groups excluding carboxylic acids is 2. The lowest BCUT2D eigenvalue weighted by molar-refractivity contribution is 0.0465. The number of H-pyrrole nitrogens is 1. The average Bonchev–Trinajstić information content (AvgIpc) is 3.10. The first-order chi connectivity index (χ1) is 14.5. The quantitative estimate of drug-likeness (QED) is 0.577. The third-order valence-corrected chi connectivity index (χ3v) is 6.04. The summed E-state index contributed by atoms with van der Waals surface area (Å²) in [5.74, 6) is -0.198. The molecule has 1 N–H and O–H groups in total. The fourth-order valence-corrected chi connectivity index (χ4v) is 4.20. The topological polar surface area (TPSA) is 59.2 Å². The number of fused-ring (bicyclic) bond motifs is 1. The standard InChI is InChI=1S/C26H27NO3/c1-4-18-9-11-20(12-10-18)21-13-22-24(23(28)14-21)17(3)25(27-22)26(29)30-15-19-7-5-16(2)6-8-19/h5-12,21,27H,4,13-15H2,1-3H3/t21-/m1/s1. The summed E-state index contributed by atoms with van der Waals surface area (Å²) in [7, 11) is 0. The number of rotatable bonds is 5. The lowest BCUT2D eigenvalue weighted by atomic mass is 9.81. The highest BCUT2D eigenvalue weighted by atomic mass is 16.5. The van der Waals surface area contributed by atoms with E-state index in [1.54, 1.807) is 0 Å². The zero-order valence-electron chi connectivity index (χ0n) is 17.7. The molecular formula is C26H27NO3. The van der Waals surface area contributed by atoms with Gasteiger partial charge in [-0.3, -0.25) is 4.79 Å². The van der Waals surface area contributed by atoms with Crippen LogP contribution in [0.3, 0.4) is 0 Å². The summed E-state index contributed by atoms with van der Waals surface area (Å²) < 4.78 is 5.50. The molecule has 0 aliphatic heterocycles. The number of esters is 1. The summed E-state index contributed by atoms with van der Waals surface area (Å²) >= 11 is 0. The van der Waals surface area contributed by atoms with Crippen LogP contribution in [0.5, 0.6) is 0 Å². The van der Waals surface area contributed by atoms with Crippen molar-refractivity contribution in [2.75, 3.05) is 0 Å². The van der Waals surface area contributed by atoms with Crippen molar-refractivity contribution in [1.29, 1.82) is 0 Å². The van der Waals surface area contributed by atoms with E-state index in [9.17, 15) is 9.59 Å². The number of nitrogens with one attached hydrogen (secondary N) is 1. The third-order valence-electron chi connectivity index (χ3n) is 6.04. The Hall–Kier alpha value is -3.14. The zero-order chi connectivity index (χ0) is 21.3. The number of aromatic amines is 1. The second-order valence-corrected chi connectivity index (χ2v) is 8.16. The van der Waals surface area contributed by atoms with Crippen LogP contribution >= 0.6 is 0 Å². The fraction of sp³-hybridized carbons (Fsp3) is 0.308. The monoisotopic (exact) mass is 401 g/mol. The number of ether oxygens (including phenoxy) is 1. The molecule has 0 radical (unpaired) electrons. The van der Waals surface area contributed by atoms with E-state index in [0.717, 1.165) is 29.7 Å². The largest absolute Gasteiger partial charge is 0.456 e. The summed E-state index contributed by atoms with van der Waals surface area (Å²) in [6.07, 6.45) is 2.19. The van der Waals surface area contributed by atoms with E-state index in [4.69, 9.17) is 4.74 Å². The van der Waals surface area contributed by atoms with Crippen molar-refractivity contribution in [1.82, 2.24) is 4.98 Å². The summed E-state index contributed by atoms with van der Waals surface area (Å²) in [6, 6.07) is 16.4. The third kappa shape index (κ3) is 3.95.